The van der Waals surface area contributed by atoms with Crippen LogP contribution in [0.2, 0.25) is 0 Å². The van der Waals surface area contributed by atoms with Crippen molar-refractivity contribution in [1.82, 2.24) is 5.32 Å². The molecule has 6 heteroatoms. The fourth-order valence-electron chi connectivity index (χ4n) is 2.60. The lowest BCUT2D eigenvalue weighted by molar-refractivity contribution is -0.121. The number of benzene rings is 1. The molecule has 2 rings (SSSR count). The number of rotatable bonds is 8. The summed E-state index contributed by atoms with van der Waals surface area (Å²) in [6, 6.07) is 8.85. The van der Waals surface area contributed by atoms with Crippen LogP contribution in [0.1, 0.15) is 30.6 Å². The second-order valence-electron chi connectivity index (χ2n) is 6.11. The molecule has 25 heavy (non-hydrogen) atoms. The van der Waals surface area contributed by atoms with Crippen LogP contribution in [0.3, 0.4) is 0 Å². The summed E-state index contributed by atoms with van der Waals surface area (Å²) in [5, 5.41) is 18.5. The molecule has 0 fully saturated rings. The Balaban J connectivity index is 2.29. The number of nitrogens with one attached hydrogen (secondary N) is 2. The molecule has 0 bridgehead atoms. The Kier molecular flexibility index (Phi) is 6.72. The van der Waals surface area contributed by atoms with Gasteiger partial charge in [0.25, 0.3) is 0 Å². The van der Waals surface area contributed by atoms with E-state index in [2.05, 4.69) is 10.6 Å². The van der Waals surface area contributed by atoms with Crippen molar-refractivity contribution in [2.75, 3.05) is 11.9 Å². The number of carbonyl (C=O) groups is 2. The maximum absolute atomic E-state index is 12.4. The number of aldehydes is 1. The number of carbonyl (C=O) groups excluding carboxylic acids is 2. The van der Waals surface area contributed by atoms with Crippen molar-refractivity contribution in [3.63, 3.8) is 0 Å². The van der Waals surface area contributed by atoms with Crippen LogP contribution in [0, 0.1) is 17.2 Å². The van der Waals surface area contributed by atoms with Crippen LogP contribution >= 0.6 is 11.3 Å². The minimum absolute atomic E-state index is 0.0143. The molecule has 1 amide bonds. The van der Waals surface area contributed by atoms with Gasteiger partial charge in [-0.3, -0.25) is 9.59 Å². The Hall–Kier alpha value is -2.65. The molecule has 1 atom stereocenters. The highest BCUT2D eigenvalue weighted by Gasteiger charge is 2.21. The van der Waals surface area contributed by atoms with Gasteiger partial charge in [0.1, 0.15) is 12.6 Å². The number of anilines is 1. The van der Waals surface area contributed by atoms with Crippen LogP contribution in [0.15, 0.2) is 35.0 Å². The highest BCUT2D eigenvalue weighted by Crippen LogP contribution is 2.34. The third kappa shape index (κ3) is 4.91. The first-order valence-corrected chi connectivity index (χ1v) is 9.03. The summed E-state index contributed by atoms with van der Waals surface area (Å²) in [5.74, 6) is 0.116. The zero-order chi connectivity index (χ0) is 18.2. The maximum Gasteiger partial charge on any atom is 0.243 e. The molecule has 5 nitrogen and oxygen atoms in total. The van der Waals surface area contributed by atoms with Gasteiger partial charge in [0.2, 0.25) is 5.91 Å². The summed E-state index contributed by atoms with van der Waals surface area (Å²) in [6.45, 7) is 4.07. The molecule has 0 spiro atoms. The SMILES string of the molecule is CC(C)C[C@H](Nc1cscc1-c1ccccc1C=O)C(=O)NCC#N. The zero-order valence-electron chi connectivity index (χ0n) is 14.3. The molecule has 0 unspecified atom stereocenters. The largest absolute Gasteiger partial charge is 0.372 e. The second kappa shape index (κ2) is 9.00. The second-order valence-corrected chi connectivity index (χ2v) is 6.85. The Bertz CT molecular complexity index is 777. The Labute approximate surface area is 151 Å². The summed E-state index contributed by atoms with van der Waals surface area (Å²) in [5.41, 5.74) is 3.16. The quantitative estimate of drug-likeness (QED) is 0.559. The molecule has 1 heterocycles. The number of thiophene rings is 1. The summed E-state index contributed by atoms with van der Waals surface area (Å²) in [4.78, 5) is 23.7. The average Bonchev–Trinajstić information content (AvgIpc) is 3.06. The standard InChI is InChI=1S/C19H21N3O2S/c1-13(2)9-17(19(24)21-8-7-20)22-18-12-25-11-16(18)15-6-4-3-5-14(15)10-23/h3-6,10-13,17,22H,8-9H2,1-2H3,(H,21,24)/t17-/m0/s1. The fraction of sp³-hybridized carbons (Fsp3) is 0.316. The van der Waals surface area contributed by atoms with E-state index in [0.29, 0.717) is 17.9 Å². The number of amides is 1. The number of nitriles is 1. The third-order valence-electron chi connectivity index (χ3n) is 3.73. The van der Waals surface area contributed by atoms with E-state index in [0.717, 1.165) is 23.1 Å². The lowest BCUT2D eigenvalue weighted by atomic mass is 10.00. The number of hydrogen-bond acceptors (Lipinski definition) is 5. The molecule has 2 aromatic rings. The van der Waals surface area contributed by atoms with Crippen molar-refractivity contribution in [1.29, 1.82) is 5.26 Å². The molecule has 0 saturated heterocycles. The molecular weight excluding hydrogens is 334 g/mol. The van der Waals surface area contributed by atoms with Crippen molar-refractivity contribution in [2.45, 2.75) is 26.3 Å². The van der Waals surface area contributed by atoms with Gasteiger partial charge < -0.3 is 10.6 Å². The molecule has 130 valence electrons. The molecule has 0 aliphatic carbocycles. The number of nitrogens with zero attached hydrogens (tertiary/aromatic N) is 1. The van der Waals surface area contributed by atoms with E-state index >= 15 is 0 Å². The summed E-state index contributed by atoms with van der Waals surface area (Å²) in [6.07, 6.45) is 1.48. The normalized spacial score (nSPS) is 11.6. The zero-order valence-corrected chi connectivity index (χ0v) is 15.1. The molecule has 0 saturated carbocycles. The van der Waals surface area contributed by atoms with Gasteiger partial charge in [-0.2, -0.15) is 5.26 Å². The van der Waals surface area contributed by atoms with Gasteiger partial charge in [-0.15, -0.1) is 11.3 Å². The van der Waals surface area contributed by atoms with E-state index in [1.807, 2.05) is 48.9 Å². The van der Waals surface area contributed by atoms with Gasteiger partial charge in [-0.05, 0) is 17.9 Å². The summed E-state index contributed by atoms with van der Waals surface area (Å²) >= 11 is 1.51. The lowest BCUT2D eigenvalue weighted by Crippen LogP contribution is -2.40. The minimum Gasteiger partial charge on any atom is -0.372 e. The van der Waals surface area contributed by atoms with Crippen LogP contribution in [0.5, 0.6) is 0 Å². The first-order chi connectivity index (χ1) is 12.1. The molecule has 2 N–H and O–H groups in total. The lowest BCUT2D eigenvalue weighted by Gasteiger charge is -2.21. The summed E-state index contributed by atoms with van der Waals surface area (Å²) < 4.78 is 0. The van der Waals surface area contributed by atoms with Crippen molar-refractivity contribution in [3.05, 3.63) is 40.6 Å². The van der Waals surface area contributed by atoms with Gasteiger partial charge in [-0.1, -0.05) is 38.1 Å². The van der Waals surface area contributed by atoms with E-state index in [4.69, 9.17) is 5.26 Å². The maximum atomic E-state index is 12.4. The van der Waals surface area contributed by atoms with E-state index in [9.17, 15) is 9.59 Å². The van der Waals surface area contributed by atoms with Crippen LogP contribution in [0.4, 0.5) is 5.69 Å². The number of hydrogen-bond donors (Lipinski definition) is 2. The molecule has 1 aromatic carbocycles. The fourth-order valence-corrected chi connectivity index (χ4v) is 3.39. The Morgan fingerprint density at radius 2 is 2.04 bits per heavy atom. The molecule has 0 radical (unpaired) electrons. The monoisotopic (exact) mass is 355 g/mol. The molecule has 0 aliphatic rings. The van der Waals surface area contributed by atoms with Crippen molar-refractivity contribution in [2.24, 2.45) is 5.92 Å². The van der Waals surface area contributed by atoms with Gasteiger partial charge >= 0.3 is 0 Å². The third-order valence-corrected chi connectivity index (χ3v) is 4.48. The van der Waals surface area contributed by atoms with Crippen molar-refractivity contribution in [3.8, 4) is 17.2 Å². The highest BCUT2D eigenvalue weighted by molar-refractivity contribution is 7.08. The van der Waals surface area contributed by atoms with Crippen LogP contribution in [-0.2, 0) is 4.79 Å². The first kappa shape index (κ1) is 18.7. The van der Waals surface area contributed by atoms with E-state index in [1.165, 1.54) is 11.3 Å². The molecular formula is C19H21N3O2S. The highest BCUT2D eigenvalue weighted by atomic mass is 32.1. The van der Waals surface area contributed by atoms with E-state index < -0.39 is 6.04 Å². The smallest absolute Gasteiger partial charge is 0.243 e. The topological polar surface area (TPSA) is 82.0 Å². The van der Waals surface area contributed by atoms with Crippen molar-refractivity contribution < 1.29 is 9.59 Å². The average molecular weight is 355 g/mol. The van der Waals surface area contributed by atoms with Crippen LogP contribution < -0.4 is 10.6 Å². The van der Waals surface area contributed by atoms with Gasteiger partial charge in [0, 0.05) is 21.9 Å². The molecule has 1 aromatic heterocycles. The predicted molar refractivity (Wildman–Crippen MR) is 101 cm³/mol. The minimum atomic E-state index is -0.440. The van der Waals surface area contributed by atoms with E-state index in [1.54, 1.807) is 6.07 Å². The van der Waals surface area contributed by atoms with E-state index in [-0.39, 0.29) is 12.5 Å². The van der Waals surface area contributed by atoms with Gasteiger partial charge in [0.05, 0.1) is 11.8 Å². The first-order valence-electron chi connectivity index (χ1n) is 8.08. The van der Waals surface area contributed by atoms with Crippen molar-refractivity contribution >= 4 is 29.2 Å². The van der Waals surface area contributed by atoms with Crippen LogP contribution in [-0.4, -0.2) is 24.8 Å². The molecule has 0 aliphatic heterocycles. The Morgan fingerprint density at radius 1 is 1.28 bits per heavy atom. The van der Waals surface area contributed by atoms with Gasteiger partial charge in [-0.25, -0.2) is 0 Å². The Morgan fingerprint density at radius 3 is 2.72 bits per heavy atom. The predicted octanol–water partition coefficient (Wildman–Crippen LogP) is 3.69. The van der Waals surface area contributed by atoms with Gasteiger partial charge in [0.15, 0.2) is 6.29 Å². The summed E-state index contributed by atoms with van der Waals surface area (Å²) in [7, 11) is 0. The van der Waals surface area contributed by atoms with Crippen LogP contribution in [0.25, 0.3) is 11.1 Å².